The Bertz CT molecular complexity index is 763. The maximum atomic E-state index is 12.5. The molecule has 3 rings (SSSR count). The van der Waals surface area contributed by atoms with Crippen molar-refractivity contribution in [3.8, 4) is 0 Å². The minimum absolute atomic E-state index is 0. The van der Waals surface area contributed by atoms with Gasteiger partial charge in [0.1, 0.15) is 0 Å². The highest BCUT2D eigenvalue weighted by Crippen LogP contribution is 2.30. The van der Waals surface area contributed by atoms with Crippen LogP contribution in [0, 0.1) is 18.8 Å². The molecular formula is C19H30ClN3O3S. The molecule has 0 aliphatic carbocycles. The Morgan fingerprint density at radius 3 is 2.67 bits per heavy atom. The molecule has 152 valence electrons. The Balaban J connectivity index is 0.00000261. The number of sulfonamides is 1. The number of hydrogen-bond acceptors (Lipinski definition) is 4. The van der Waals surface area contributed by atoms with Gasteiger partial charge in [-0.05, 0) is 68.8 Å². The van der Waals surface area contributed by atoms with Crippen molar-refractivity contribution in [1.82, 2.24) is 5.32 Å². The zero-order valence-corrected chi connectivity index (χ0v) is 17.7. The third-order valence-corrected chi connectivity index (χ3v) is 7.41. The molecule has 27 heavy (non-hydrogen) atoms. The van der Waals surface area contributed by atoms with Gasteiger partial charge in [0.2, 0.25) is 15.9 Å². The Hall–Kier alpha value is -1.31. The second-order valence-electron chi connectivity index (χ2n) is 7.56. The Morgan fingerprint density at radius 2 is 2.04 bits per heavy atom. The van der Waals surface area contributed by atoms with Gasteiger partial charge in [-0.1, -0.05) is 13.0 Å². The molecule has 2 N–H and O–H groups in total. The molecule has 2 fully saturated rings. The quantitative estimate of drug-likeness (QED) is 0.774. The van der Waals surface area contributed by atoms with Crippen LogP contribution in [-0.2, 0) is 14.8 Å². The standard InChI is InChI=1S/C19H29N3O3S.ClH/c1-14-4-5-17(13-18(14)22-10-3-11-26(22,24)25)21-19(23)12-15(2)16-6-8-20-9-7-16;/h4-5,13,15-16,20H,3,6-12H2,1-2H3,(H,21,23);1H. The van der Waals surface area contributed by atoms with Gasteiger partial charge >= 0.3 is 0 Å². The molecule has 0 saturated carbocycles. The van der Waals surface area contributed by atoms with Crippen LogP contribution < -0.4 is 14.9 Å². The molecular weight excluding hydrogens is 386 g/mol. The summed E-state index contributed by atoms with van der Waals surface area (Å²) < 4.78 is 25.9. The van der Waals surface area contributed by atoms with Crippen molar-refractivity contribution in [3.63, 3.8) is 0 Å². The first kappa shape index (κ1) is 22.0. The number of rotatable bonds is 5. The van der Waals surface area contributed by atoms with Gasteiger partial charge < -0.3 is 10.6 Å². The number of anilines is 2. The lowest BCUT2D eigenvalue weighted by atomic mass is 9.84. The summed E-state index contributed by atoms with van der Waals surface area (Å²) in [5, 5.41) is 6.31. The summed E-state index contributed by atoms with van der Waals surface area (Å²) in [6.07, 6.45) is 3.38. The molecule has 0 radical (unpaired) electrons. The van der Waals surface area contributed by atoms with E-state index in [4.69, 9.17) is 0 Å². The first-order chi connectivity index (χ1) is 12.4. The van der Waals surface area contributed by atoms with E-state index >= 15 is 0 Å². The molecule has 0 spiro atoms. The van der Waals surface area contributed by atoms with E-state index in [1.165, 1.54) is 4.31 Å². The van der Waals surface area contributed by atoms with Crippen molar-refractivity contribution in [1.29, 1.82) is 0 Å². The molecule has 1 unspecified atom stereocenters. The highest BCUT2D eigenvalue weighted by molar-refractivity contribution is 7.93. The summed E-state index contributed by atoms with van der Waals surface area (Å²) in [4.78, 5) is 12.5. The molecule has 6 nitrogen and oxygen atoms in total. The van der Waals surface area contributed by atoms with Crippen molar-refractivity contribution in [3.05, 3.63) is 23.8 Å². The number of nitrogens with one attached hydrogen (secondary N) is 2. The molecule has 1 amide bonds. The largest absolute Gasteiger partial charge is 0.326 e. The number of piperidine rings is 1. The maximum absolute atomic E-state index is 12.5. The second-order valence-corrected chi connectivity index (χ2v) is 9.57. The van der Waals surface area contributed by atoms with Crippen molar-refractivity contribution in [2.45, 2.75) is 39.5 Å². The fraction of sp³-hybridized carbons (Fsp3) is 0.632. The number of carbonyl (C=O) groups is 1. The van der Waals surface area contributed by atoms with Crippen LogP contribution in [0.3, 0.4) is 0 Å². The predicted molar refractivity (Wildman–Crippen MR) is 112 cm³/mol. The zero-order valence-electron chi connectivity index (χ0n) is 16.0. The van der Waals surface area contributed by atoms with Gasteiger partial charge in [-0.25, -0.2) is 8.42 Å². The predicted octanol–water partition coefficient (Wildman–Crippen LogP) is 2.92. The first-order valence-electron chi connectivity index (χ1n) is 9.48. The molecule has 2 aliphatic rings. The molecule has 8 heteroatoms. The highest BCUT2D eigenvalue weighted by atomic mass is 35.5. The normalized spacial score (nSPS) is 20.7. The molecule has 2 heterocycles. The molecule has 1 atom stereocenters. The summed E-state index contributed by atoms with van der Waals surface area (Å²) in [6.45, 7) is 6.61. The van der Waals surface area contributed by atoms with E-state index in [0.29, 0.717) is 42.6 Å². The number of amides is 1. The Labute approximate surface area is 168 Å². The van der Waals surface area contributed by atoms with Gasteiger partial charge in [0.15, 0.2) is 0 Å². The van der Waals surface area contributed by atoms with E-state index in [2.05, 4.69) is 17.6 Å². The van der Waals surface area contributed by atoms with E-state index < -0.39 is 10.0 Å². The number of nitrogens with zero attached hydrogens (tertiary/aromatic N) is 1. The summed E-state index contributed by atoms with van der Waals surface area (Å²) in [5.41, 5.74) is 2.23. The van der Waals surface area contributed by atoms with Gasteiger partial charge in [-0.3, -0.25) is 9.10 Å². The lowest BCUT2D eigenvalue weighted by Gasteiger charge is -2.28. The van der Waals surface area contributed by atoms with Gasteiger partial charge in [-0.2, -0.15) is 0 Å². The number of benzene rings is 1. The molecule has 0 bridgehead atoms. The SMILES string of the molecule is Cc1ccc(NC(=O)CC(C)C2CCNCC2)cc1N1CCCS1(=O)=O.Cl. The van der Waals surface area contributed by atoms with Crippen molar-refractivity contribution < 1.29 is 13.2 Å². The summed E-state index contributed by atoms with van der Waals surface area (Å²) in [6, 6.07) is 5.49. The molecule has 2 saturated heterocycles. The highest BCUT2D eigenvalue weighted by Gasteiger charge is 2.29. The summed E-state index contributed by atoms with van der Waals surface area (Å²) in [7, 11) is -3.23. The minimum atomic E-state index is -3.23. The van der Waals surface area contributed by atoms with Crippen LogP contribution >= 0.6 is 12.4 Å². The van der Waals surface area contributed by atoms with Crippen LogP contribution in [0.4, 0.5) is 11.4 Å². The van der Waals surface area contributed by atoms with E-state index in [1.807, 2.05) is 19.1 Å². The second kappa shape index (κ2) is 9.26. The molecule has 0 aromatic heterocycles. The number of aryl methyl sites for hydroxylation is 1. The van der Waals surface area contributed by atoms with Crippen LogP contribution in [-0.4, -0.2) is 39.7 Å². The third-order valence-electron chi connectivity index (χ3n) is 5.56. The van der Waals surface area contributed by atoms with Crippen LogP contribution in [0.5, 0.6) is 0 Å². The average molecular weight is 416 g/mol. The Morgan fingerprint density at radius 1 is 1.33 bits per heavy atom. The maximum Gasteiger partial charge on any atom is 0.235 e. The zero-order chi connectivity index (χ0) is 18.7. The van der Waals surface area contributed by atoms with Crippen LogP contribution in [0.25, 0.3) is 0 Å². The van der Waals surface area contributed by atoms with E-state index in [0.717, 1.165) is 31.5 Å². The third kappa shape index (κ3) is 5.36. The van der Waals surface area contributed by atoms with Crippen molar-refractivity contribution in [2.75, 3.05) is 35.0 Å². The number of halogens is 1. The molecule has 2 aliphatic heterocycles. The van der Waals surface area contributed by atoms with Gasteiger partial charge in [0, 0.05) is 18.7 Å². The molecule has 1 aromatic rings. The van der Waals surface area contributed by atoms with E-state index in [9.17, 15) is 13.2 Å². The smallest absolute Gasteiger partial charge is 0.235 e. The minimum Gasteiger partial charge on any atom is -0.326 e. The lowest BCUT2D eigenvalue weighted by Crippen LogP contribution is -2.32. The van der Waals surface area contributed by atoms with Crippen molar-refractivity contribution in [2.24, 2.45) is 11.8 Å². The van der Waals surface area contributed by atoms with Crippen LogP contribution in [0.15, 0.2) is 18.2 Å². The number of carbonyl (C=O) groups excluding carboxylic acids is 1. The van der Waals surface area contributed by atoms with E-state index in [-0.39, 0.29) is 24.1 Å². The summed E-state index contributed by atoms with van der Waals surface area (Å²) in [5.74, 6) is 1.12. The first-order valence-corrected chi connectivity index (χ1v) is 11.1. The van der Waals surface area contributed by atoms with E-state index in [1.54, 1.807) is 6.07 Å². The number of hydrogen-bond donors (Lipinski definition) is 2. The monoisotopic (exact) mass is 415 g/mol. The van der Waals surface area contributed by atoms with Crippen molar-refractivity contribution >= 4 is 39.7 Å². The molecule has 1 aromatic carbocycles. The topological polar surface area (TPSA) is 78.5 Å². The fourth-order valence-electron chi connectivity index (χ4n) is 3.95. The van der Waals surface area contributed by atoms with Gasteiger partial charge in [0.05, 0.1) is 11.4 Å². The average Bonchev–Trinajstić information content (AvgIpc) is 2.96. The van der Waals surface area contributed by atoms with Gasteiger partial charge in [0.25, 0.3) is 0 Å². The Kier molecular flexibility index (Phi) is 7.54. The fourth-order valence-corrected chi connectivity index (χ4v) is 5.57. The van der Waals surface area contributed by atoms with Gasteiger partial charge in [-0.15, -0.1) is 12.4 Å². The lowest BCUT2D eigenvalue weighted by molar-refractivity contribution is -0.117. The van der Waals surface area contributed by atoms with Crippen LogP contribution in [0.2, 0.25) is 0 Å². The van der Waals surface area contributed by atoms with Crippen LogP contribution in [0.1, 0.15) is 38.2 Å². The summed E-state index contributed by atoms with van der Waals surface area (Å²) >= 11 is 0.